The van der Waals surface area contributed by atoms with E-state index in [1.807, 2.05) is 19.9 Å². The van der Waals surface area contributed by atoms with Crippen LogP contribution in [0.2, 0.25) is 5.02 Å². The van der Waals surface area contributed by atoms with Gasteiger partial charge in [-0.2, -0.15) is 0 Å². The number of nitrogens with one attached hydrogen (secondary N) is 1. The maximum absolute atomic E-state index is 14.4. The number of ether oxygens (including phenoxy) is 4. The largest absolute Gasteiger partial charge is 0.493 e. The van der Waals surface area contributed by atoms with Crippen molar-refractivity contribution in [2.45, 2.75) is 65.1 Å². The number of rotatable bonds is 12. The van der Waals surface area contributed by atoms with Gasteiger partial charge in [-0.1, -0.05) is 37.6 Å². The molecule has 1 heterocycles. The van der Waals surface area contributed by atoms with E-state index in [1.165, 1.54) is 21.1 Å². The summed E-state index contributed by atoms with van der Waals surface area (Å²) in [6.07, 6.45) is 0.234. The second-order valence-corrected chi connectivity index (χ2v) is 13.2. The molecule has 1 aliphatic carbocycles. The molecule has 2 amide bonds. The molecule has 2 aromatic rings. The number of carbonyl (C=O) groups excluding carboxylic acids is 3. The number of benzene rings is 2. The van der Waals surface area contributed by atoms with E-state index in [9.17, 15) is 24.3 Å². The zero-order valence-corrected chi connectivity index (χ0v) is 27.7. The Morgan fingerprint density at radius 3 is 2.41 bits per heavy atom. The van der Waals surface area contributed by atoms with Gasteiger partial charge in [-0.05, 0) is 55.9 Å². The lowest BCUT2D eigenvalue weighted by Crippen LogP contribution is -2.47. The van der Waals surface area contributed by atoms with E-state index < -0.39 is 35.5 Å². The van der Waals surface area contributed by atoms with Crippen molar-refractivity contribution in [3.8, 4) is 11.5 Å². The lowest BCUT2D eigenvalue weighted by atomic mass is 9.82. The highest BCUT2D eigenvalue weighted by molar-refractivity contribution is 6.30. The van der Waals surface area contributed by atoms with Crippen LogP contribution in [0.25, 0.3) is 0 Å². The number of fused-ring (bicyclic) bond motifs is 1. The lowest BCUT2D eigenvalue weighted by molar-refractivity contribution is -0.144. The van der Waals surface area contributed by atoms with Gasteiger partial charge >= 0.3 is 11.9 Å². The minimum Gasteiger partial charge on any atom is -0.493 e. The van der Waals surface area contributed by atoms with Gasteiger partial charge in [0.05, 0.1) is 33.2 Å². The van der Waals surface area contributed by atoms with Gasteiger partial charge < -0.3 is 34.3 Å². The van der Waals surface area contributed by atoms with E-state index in [1.54, 1.807) is 35.2 Å². The molecule has 1 fully saturated rings. The van der Waals surface area contributed by atoms with Crippen LogP contribution in [0.3, 0.4) is 0 Å². The highest BCUT2D eigenvalue weighted by Crippen LogP contribution is 2.45. The Kier molecular flexibility index (Phi) is 11.6. The molecule has 46 heavy (non-hydrogen) atoms. The van der Waals surface area contributed by atoms with Crippen molar-refractivity contribution in [3.63, 3.8) is 0 Å². The molecule has 1 saturated carbocycles. The number of carboxylic acid groups (broad SMARTS) is 1. The van der Waals surface area contributed by atoms with Crippen molar-refractivity contribution in [2.75, 3.05) is 38.8 Å². The molecule has 0 spiro atoms. The fraction of sp³-hybridized carbons (Fsp3) is 0.529. The quantitative estimate of drug-likeness (QED) is 0.296. The summed E-state index contributed by atoms with van der Waals surface area (Å²) in [6, 6.07) is 10.5. The van der Waals surface area contributed by atoms with Crippen LogP contribution in [0.5, 0.6) is 11.5 Å². The summed E-state index contributed by atoms with van der Waals surface area (Å²) in [5, 5.41) is 12.7. The van der Waals surface area contributed by atoms with Crippen LogP contribution in [0.4, 0.5) is 5.69 Å². The van der Waals surface area contributed by atoms with E-state index in [0.29, 0.717) is 65.6 Å². The number of aliphatic carboxylic acids is 1. The van der Waals surface area contributed by atoms with E-state index in [2.05, 4.69) is 5.32 Å². The fourth-order valence-electron chi connectivity index (χ4n) is 6.11. The van der Waals surface area contributed by atoms with Crippen LogP contribution in [0, 0.1) is 17.3 Å². The number of para-hydroxylation sites is 1. The molecular weight excluding hydrogens is 616 g/mol. The summed E-state index contributed by atoms with van der Waals surface area (Å²) in [5.41, 5.74) is 1.06. The Labute approximate surface area is 274 Å². The number of amides is 2. The van der Waals surface area contributed by atoms with Crippen molar-refractivity contribution in [3.05, 3.63) is 52.5 Å². The van der Waals surface area contributed by atoms with E-state index >= 15 is 0 Å². The molecular formula is C34H43ClN2O9. The van der Waals surface area contributed by atoms with Gasteiger partial charge in [-0.15, -0.1) is 0 Å². The Balaban J connectivity index is 1.68. The predicted molar refractivity (Wildman–Crippen MR) is 171 cm³/mol. The molecule has 4 rings (SSSR count). The summed E-state index contributed by atoms with van der Waals surface area (Å²) < 4.78 is 23.2. The van der Waals surface area contributed by atoms with E-state index in [0.717, 1.165) is 0 Å². The first-order valence-corrected chi connectivity index (χ1v) is 15.8. The average Bonchev–Trinajstić information content (AvgIpc) is 3.12. The number of esters is 1. The fourth-order valence-corrected chi connectivity index (χ4v) is 6.29. The van der Waals surface area contributed by atoms with E-state index in [-0.39, 0.29) is 37.3 Å². The number of methoxy groups -OCH3 is 2. The third kappa shape index (κ3) is 8.50. The monoisotopic (exact) mass is 658 g/mol. The molecule has 12 heteroatoms. The molecule has 0 bridgehead atoms. The summed E-state index contributed by atoms with van der Waals surface area (Å²) in [6.45, 7) is 5.70. The highest BCUT2D eigenvalue weighted by atomic mass is 35.5. The van der Waals surface area contributed by atoms with Gasteiger partial charge in [-0.3, -0.25) is 19.2 Å². The molecule has 0 radical (unpaired) electrons. The Morgan fingerprint density at radius 1 is 1.07 bits per heavy atom. The smallest absolute Gasteiger partial charge is 0.306 e. The topological polar surface area (TPSA) is 141 Å². The Bertz CT molecular complexity index is 1440. The predicted octanol–water partition coefficient (Wildman–Crippen LogP) is 5.17. The molecule has 0 unspecified atom stereocenters. The summed E-state index contributed by atoms with van der Waals surface area (Å²) >= 11 is 6.51. The van der Waals surface area contributed by atoms with Gasteiger partial charge in [0.15, 0.2) is 11.5 Å². The first kappa shape index (κ1) is 35.0. The minimum atomic E-state index is -1.20. The average molecular weight is 659 g/mol. The lowest BCUT2D eigenvalue weighted by Gasteiger charge is -2.33. The second-order valence-electron chi connectivity index (χ2n) is 12.7. The third-order valence-electron chi connectivity index (χ3n) is 8.53. The standard InChI is InChI=1S/C34H43ClN2O9/c1-20(38)45-19-34(2,3)18-37-26-14-13-23(35)15-25(26)30(24-7-6-8-27(43-4)31(24)44-5)46-28(32(37)40)16-29(39)36-17-21-9-11-22(12-10-21)33(41)42/h6-8,13-15,21-22,28,30H,9-12,16-19H2,1-5H3,(H,36,39)(H,41,42)/t21?,22?,28-,30-/m1/s1. The van der Waals surface area contributed by atoms with Crippen LogP contribution in [-0.4, -0.2) is 68.9 Å². The molecule has 0 aromatic heterocycles. The van der Waals surface area contributed by atoms with Crippen molar-refractivity contribution >= 4 is 41.0 Å². The second kappa shape index (κ2) is 15.2. The number of nitrogens with zero attached hydrogens (tertiary/aromatic N) is 1. The van der Waals surface area contributed by atoms with Crippen molar-refractivity contribution in [1.29, 1.82) is 0 Å². The summed E-state index contributed by atoms with van der Waals surface area (Å²) in [4.78, 5) is 52.3. The van der Waals surface area contributed by atoms with Gasteiger partial charge in [0.1, 0.15) is 12.2 Å². The molecule has 1 aliphatic heterocycles. The maximum Gasteiger partial charge on any atom is 0.306 e. The zero-order valence-electron chi connectivity index (χ0n) is 27.0. The van der Waals surface area contributed by atoms with Gasteiger partial charge in [0, 0.05) is 47.3 Å². The molecule has 11 nitrogen and oxygen atoms in total. The highest BCUT2D eigenvalue weighted by Gasteiger charge is 2.41. The molecule has 2 aliphatic rings. The van der Waals surface area contributed by atoms with Crippen molar-refractivity contribution in [2.24, 2.45) is 17.3 Å². The third-order valence-corrected chi connectivity index (χ3v) is 8.76. The Morgan fingerprint density at radius 2 is 1.78 bits per heavy atom. The SMILES string of the molecule is COc1cccc([C@H]2O[C@H](CC(=O)NCC3CCC(C(=O)O)CC3)C(=O)N(CC(C)(C)COC(C)=O)c3ccc(Cl)cc32)c1OC. The van der Waals surface area contributed by atoms with Gasteiger partial charge in [-0.25, -0.2) is 0 Å². The van der Waals surface area contributed by atoms with Crippen molar-refractivity contribution in [1.82, 2.24) is 5.32 Å². The number of hydrogen-bond donors (Lipinski definition) is 2. The molecule has 2 atom stereocenters. The van der Waals surface area contributed by atoms with Gasteiger partial charge in [0.2, 0.25) is 5.91 Å². The van der Waals surface area contributed by atoms with E-state index in [4.69, 9.17) is 30.5 Å². The van der Waals surface area contributed by atoms with Crippen LogP contribution in [0.15, 0.2) is 36.4 Å². The van der Waals surface area contributed by atoms with Gasteiger partial charge in [0.25, 0.3) is 5.91 Å². The van der Waals surface area contributed by atoms with Crippen molar-refractivity contribution < 1.29 is 43.2 Å². The Hall–Kier alpha value is -3.83. The normalized spacial score (nSPS) is 21.5. The maximum atomic E-state index is 14.4. The zero-order chi connectivity index (χ0) is 33.6. The molecule has 0 saturated heterocycles. The summed E-state index contributed by atoms with van der Waals surface area (Å²) in [7, 11) is 3.04. The van der Waals surface area contributed by atoms with Crippen LogP contribution < -0.4 is 19.7 Å². The number of hydrogen-bond acceptors (Lipinski definition) is 8. The number of carboxylic acids is 1. The minimum absolute atomic E-state index is 0.0678. The van der Waals surface area contributed by atoms with Crippen LogP contribution in [-0.2, 0) is 28.7 Å². The van der Waals surface area contributed by atoms with Crippen LogP contribution >= 0.6 is 11.6 Å². The first-order chi connectivity index (χ1) is 21.8. The first-order valence-electron chi connectivity index (χ1n) is 15.4. The molecule has 2 N–H and O–H groups in total. The molecule has 250 valence electrons. The number of carbonyl (C=O) groups is 4. The molecule has 2 aromatic carbocycles. The number of halogens is 1. The number of anilines is 1. The van der Waals surface area contributed by atoms with Crippen LogP contribution in [0.1, 0.15) is 70.1 Å². The summed E-state index contributed by atoms with van der Waals surface area (Å²) in [5.74, 6) is -1.31.